The van der Waals surface area contributed by atoms with Crippen LogP contribution in [0.2, 0.25) is 0 Å². The molecule has 0 saturated carbocycles. The summed E-state index contributed by atoms with van der Waals surface area (Å²) in [7, 11) is 0. The lowest BCUT2D eigenvalue weighted by atomic mass is 10.3. The predicted molar refractivity (Wildman–Crippen MR) is 56.7 cm³/mol. The van der Waals surface area contributed by atoms with E-state index in [1.165, 1.54) is 12.3 Å². The Labute approximate surface area is 90.4 Å². The third-order valence-corrected chi connectivity index (χ3v) is 2.14. The largest absolute Gasteiger partial charge is 0.506 e. The van der Waals surface area contributed by atoms with Crippen molar-refractivity contribution in [1.29, 1.82) is 0 Å². The van der Waals surface area contributed by atoms with Crippen LogP contribution in [0.4, 0.5) is 0 Å². The van der Waals surface area contributed by atoms with Gasteiger partial charge in [0.15, 0.2) is 0 Å². The van der Waals surface area contributed by atoms with Crippen LogP contribution in [0.5, 0.6) is 5.75 Å². The minimum absolute atomic E-state index is 0.0681. The molecule has 0 aliphatic heterocycles. The Morgan fingerprint density at radius 3 is 3.00 bits per heavy atom. The minimum Gasteiger partial charge on any atom is -0.506 e. The molecule has 1 N–H and O–H groups in total. The Bertz CT molecular complexity index is 634. The first-order valence-corrected chi connectivity index (χ1v) is 4.69. The smallest absolute Gasteiger partial charge is 0.247 e. The van der Waals surface area contributed by atoms with Gasteiger partial charge in [0.25, 0.3) is 0 Å². The van der Waals surface area contributed by atoms with Crippen molar-refractivity contribution < 1.29 is 9.52 Å². The van der Waals surface area contributed by atoms with Crippen LogP contribution in [0.15, 0.2) is 41.2 Å². The maximum atomic E-state index is 9.25. The Hall–Kier alpha value is -2.43. The zero-order chi connectivity index (χ0) is 11.0. The van der Waals surface area contributed by atoms with E-state index in [4.69, 9.17) is 4.42 Å². The Balaban J connectivity index is 2.19. The molecule has 3 aromatic rings. The van der Waals surface area contributed by atoms with E-state index in [2.05, 4.69) is 15.0 Å². The molecule has 0 spiro atoms. The van der Waals surface area contributed by atoms with Gasteiger partial charge in [-0.3, -0.25) is 4.98 Å². The lowest BCUT2D eigenvalue weighted by molar-refractivity contribution is 0.473. The first-order chi connectivity index (χ1) is 7.83. The van der Waals surface area contributed by atoms with Gasteiger partial charge in [-0.05, 0) is 12.1 Å². The Morgan fingerprint density at radius 2 is 2.19 bits per heavy atom. The van der Waals surface area contributed by atoms with Crippen LogP contribution in [-0.2, 0) is 0 Å². The van der Waals surface area contributed by atoms with Gasteiger partial charge in [0, 0.05) is 18.5 Å². The van der Waals surface area contributed by atoms with Crippen LogP contribution in [-0.4, -0.2) is 20.1 Å². The lowest BCUT2D eigenvalue weighted by Crippen LogP contribution is -1.77. The van der Waals surface area contributed by atoms with Gasteiger partial charge < -0.3 is 9.52 Å². The van der Waals surface area contributed by atoms with Crippen LogP contribution < -0.4 is 0 Å². The van der Waals surface area contributed by atoms with E-state index in [-0.39, 0.29) is 5.75 Å². The topological polar surface area (TPSA) is 72.0 Å². The molecule has 0 saturated heterocycles. The second-order valence-electron chi connectivity index (χ2n) is 3.28. The summed E-state index contributed by atoms with van der Waals surface area (Å²) in [6.07, 6.45) is 4.65. The number of nitrogens with zero attached hydrogens (tertiary/aromatic N) is 3. The van der Waals surface area contributed by atoms with Crippen LogP contribution >= 0.6 is 0 Å². The Morgan fingerprint density at radius 1 is 1.25 bits per heavy atom. The quantitative estimate of drug-likeness (QED) is 0.669. The van der Waals surface area contributed by atoms with Gasteiger partial charge in [-0.25, -0.2) is 9.97 Å². The number of hydrogen-bond acceptors (Lipinski definition) is 5. The van der Waals surface area contributed by atoms with E-state index >= 15 is 0 Å². The van der Waals surface area contributed by atoms with Crippen molar-refractivity contribution in [3.63, 3.8) is 0 Å². The fourth-order valence-electron chi connectivity index (χ4n) is 1.43. The number of pyridine rings is 2. The molecule has 16 heavy (non-hydrogen) atoms. The average Bonchev–Trinajstić information content (AvgIpc) is 2.73. The summed E-state index contributed by atoms with van der Waals surface area (Å²) < 4.78 is 5.44. The third kappa shape index (κ3) is 1.38. The van der Waals surface area contributed by atoms with Crippen LogP contribution in [0.25, 0.3) is 22.7 Å². The van der Waals surface area contributed by atoms with Crippen LogP contribution in [0.3, 0.4) is 0 Å². The number of fused-ring (bicyclic) bond motifs is 1. The highest BCUT2D eigenvalue weighted by molar-refractivity contribution is 5.73. The predicted octanol–water partition coefficient (Wildman–Crippen LogP) is 1.99. The molecule has 0 amide bonds. The van der Waals surface area contributed by atoms with Gasteiger partial charge in [-0.15, -0.1) is 0 Å². The average molecular weight is 213 g/mol. The number of aromatic nitrogens is 3. The van der Waals surface area contributed by atoms with Crippen molar-refractivity contribution >= 4 is 11.2 Å². The van der Waals surface area contributed by atoms with Gasteiger partial charge in [0.2, 0.25) is 11.6 Å². The zero-order valence-electron chi connectivity index (χ0n) is 8.16. The molecule has 0 aliphatic carbocycles. The SMILES string of the molecule is Oc1cnc2oc(-c3cccnc3)nc2c1. The third-order valence-electron chi connectivity index (χ3n) is 2.14. The van der Waals surface area contributed by atoms with Crippen LogP contribution in [0, 0.1) is 0 Å². The first kappa shape index (κ1) is 8.84. The highest BCUT2D eigenvalue weighted by atomic mass is 16.4. The molecule has 3 heterocycles. The standard InChI is InChI=1S/C11H7N3O2/c15-8-4-9-11(13-6-8)16-10(14-9)7-2-1-3-12-5-7/h1-6,15H. The summed E-state index contributed by atoms with van der Waals surface area (Å²) in [6, 6.07) is 5.15. The molecule has 0 fully saturated rings. The highest BCUT2D eigenvalue weighted by Gasteiger charge is 2.09. The van der Waals surface area contributed by atoms with Gasteiger partial charge in [-0.1, -0.05) is 0 Å². The van der Waals surface area contributed by atoms with E-state index < -0.39 is 0 Å². The molecule has 0 aliphatic rings. The number of aromatic hydroxyl groups is 1. The summed E-state index contributed by atoms with van der Waals surface area (Å²) in [5.74, 6) is 0.514. The van der Waals surface area contributed by atoms with Crippen molar-refractivity contribution in [2.75, 3.05) is 0 Å². The van der Waals surface area contributed by atoms with Gasteiger partial charge in [0.05, 0.1) is 11.8 Å². The molecule has 3 aromatic heterocycles. The zero-order valence-corrected chi connectivity index (χ0v) is 8.16. The molecule has 5 heteroatoms. The monoisotopic (exact) mass is 213 g/mol. The summed E-state index contributed by atoms with van der Waals surface area (Å²) >= 11 is 0. The molecule has 0 aromatic carbocycles. The summed E-state index contributed by atoms with van der Waals surface area (Å²) in [4.78, 5) is 12.1. The molecule has 0 bridgehead atoms. The molecule has 3 rings (SSSR count). The normalized spacial score (nSPS) is 10.8. The second kappa shape index (κ2) is 3.30. The number of hydrogen-bond donors (Lipinski definition) is 1. The second-order valence-corrected chi connectivity index (χ2v) is 3.28. The van der Waals surface area contributed by atoms with E-state index in [0.717, 1.165) is 5.56 Å². The lowest BCUT2D eigenvalue weighted by Gasteiger charge is -1.90. The first-order valence-electron chi connectivity index (χ1n) is 4.69. The summed E-state index contributed by atoms with van der Waals surface area (Å²) in [5.41, 5.74) is 1.70. The minimum atomic E-state index is 0.0681. The number of rotatable bonds is 1. The van der Waals surface area contributed by atoms with E-state index in [1.807, 2.05) is 6.07 Å². The summed E-state index contributed by atoms with van der Waals surface area (Å²) in [5, 5.41) is 9.25. The van der Waals surface area contributed by atoms with E-state index in [1.54, 1.807) is 18.5 Å². The number of oxazole rings is 1. The summed E-state index contributed by atoms with van der Waals surface area (Å²) in [6.45, 7) is 0. The van der Waals surface area contributed by atoms with Crippen molar-refractivity contribution in [2.45, 2.75) is 0 Å². The van der Waals surface area contributed by atoms with Crippen molar-refractivity contribution in [3.05, 3.63) is 36.8 Å². The van der Waals surface area contributed by atoms with Gasteiger partial charge in [0.1, 0.15) is 11.3 Å². The van der Waals surface area contributed by atoms with Crippen molar-refractivity contribution in [1.82, 2.24) is 15.0 Å². The molecular weight excluding hydrogens is 206 g/mol. The Kier molecular flexibility index (Phi) is 1.83. The molecular formula is C11H7N3O2. The molecule has 0 radical (unpaired) electrons. The molecule has 0 unspecified atom stereocenters. The van der Waals surface area contributed by atoms with Crippen LogP contribution in [0.1, 0.15) is 0 Å². The van der Waals surface area contributed by atoms with Crippen molar-refractivity contribution in [3.8, 4) is 17.2 Å². The molecule has 78 valence electrons. The van der Waals surface area contributed by atoms with E-state index in [9.17, 15) is 5.11 Å². The molecule has 0 atom stereocenters. The molecule has 5 nitrogen and oxygen atoms in total. The van der Waals surface area contributed by atoms with E-state index in [0.29, 0.717) is 17.1 Å². The fourth-order valence-corrected chi connectivity index (χ4v) is 1.43. The maximum absolute atomic E-state index is 9.25. The highest BCUT2D eigenvalue weighted by Crippen LogP contribution is 2.23. The fraction of sp³-hybridized carbons (Fsp3) is 0. The van der Waals surface area contributed by atoms with Crippen molar-refractivity contribution in [2.24, 2.45) is 0 Å². The van der Waals surface area contributed by atoms with Gasteiger partial charge in [-0.2, -0.15) is 0 Å². The van der Waals surface area contributed by atoms with Gasteiger partial charge >= 0.3 is 0 Å². The maximum Gasteiger partial charge on any atom is 0.247 e.